The van der Waals surface area contributed by atoms with E-state index in [1.54, 1.807) is 29.2 Å². The van der Waals surface area contributed by atoms with Crippen LogP contribution in [0.1, 0.15) is 46.5 Å². The molecule has 3 aliphatic rings. The van der Waals surface area contributed by atoms with Crippen LogP contribution in [0.2, 0.25) is 0 Å². The number of fused-ring (bicyclic) bond motifs is 1. The van der Waals surface area contributed by atoms with Gasteiger partial charge in [0.1, 0.15) is 11.5 Å². The molecule has 2 saturated heterocycles. The maximum Gasteiger partial charge on any atom is 0.328 e. The van der Waals surface area contributed by atoms with Crippen molar-refractivity contribution in [3.05, 3.63) is 47.2 Å². The lowest BCUT2D eigenvalue weighted by atomic mass is 10.1. The molecule has 9 heteroatoms. The lowest BCUT2D eigenvalue weighted by molar-refractivity contribution is -0.120. The number of hydrogen-bond acceptors (Lipinski definition) is 6. The standard InChI is InChI=1S/C21H22N4O5/c26-18-6-9-25(21(28)23-18)16-4-2-1-3-14(16)20(27)24-8-5-17-15(11-24)22-19(30-17)13-7-10-29-12-13/h1-4,13H,5-12H2,(H,23,26,28). The number of imide groups is 1. The van der Waals surface area contributed by atoms with Gasteiger partial charge in [-0.2, -0.15) is 0 Å². The zero-order chi connectivity index (χ0) is 20.7. The van der Waals surface area contributed by atoms with Gasteiger partial charge in [-0.15, -0.1) is 0 Å². The van der Waals surface area contributed by atoms with E-state index in [4.69, 9.17) is 9.15 Å². The number of nitrogens with one attached hydrogen (secondary N) is 1. The van der Waals surface area contributed by atoms with Crippen LogP contribution in [0, 0.1) is 0 Å². The Kier molecular flexibility index (Phi) is 4.74. The Morgan fingerprint density at radius 2 is 2.03 bits per heavy atom. The quantitative estimate of drug-likeness (QED) is 0.828. The molecule has 156 valence electrons. The Labute approximate surface area is 173 Å². The lowest BCUT2D eigenvalue weighted by Crippen LogP contribution is -2.50. The highest BCUT2D eigenvalue weighted by Gasteiger charge is 2.32. The number of carbonyl (C=O) groups is 3. The Morgan fingerprint density at radius 1 is 1.17 bits per heavy atom. The number of amides is 4. The van der Waals surface area contributed by atoms with Crippen molar-refractivity contribution in [2.45, 2.75) is 31.7 Å². The molecule has 1 atom stereocenters. The van der Waals surface area contributed by atoms with Crippen molar-refractivity contribution in [2.75, 3.05) is 31.2 Å². The van der Waals surface area contributed by atoms with Gasteiger partial charge in [-0.05, 0) is 18.6 Å². The molecule has 0 bridgehead atoms. The molecule has 0 aliphatic carbocycles. The monoisotopic (exact) mass is 410 g/mol. The van der Waals surface area contributed by atoms with E-state index < -0.39 is 6.03 Å². The van der Waals surface area contributed by atoms with E-state index in [2.05, 4.69) is 10.3 Å². The average Bonchev–Trinajstić information content (AvgIpc) is 3.42. The van der Waals surface area contributed by atoms with Crippen LogP contribution in [0.3, 0.4) is 0 Å². The molecule has 4 heterocycles. The number of anilines is 1. The maximum atomic E-state index is 13.3. The normalized spacial score (nSPS) is 21.5. The number of oxazole rings is 1. The van der Waals surface area contributed by atoms with Gasteiger partial charge >= 0.3 is 6.03 Å². The molecule has 30 heavy (non-hydrogen) atoms. The minimum Gasteiger partial charge on any atom is -0.445 e. The molecule has 1 unspecified atom stereocenters. The van der Waals surface area contributed by atoms with Gasteiger partial charge in [0.25, 0.3) is 5.91 Å². The summed E-state index contributed by atoms with van der Waals surface area (Å²) in [5.74, 6) is 1.23. The highest BCUT2D eigenvalue weighted by molar-refractivity contribution is 6.09. The second-order valence-corrected chi connectivity index (χ2v) is 7.73. The number of benzene rings is 1. The van der Waals surface area contributed by atoms with Gasteiger partial charge in [-0.3, -0.25) is 19.8 Å². The van der Waals surface area contributed by atoms with Crippen LogP contribution in [0.25, 0.3) is 0 Å². The summed E-state index contributed by atoms with van der Waals surface area (Å²) in [5.41, 5.74) is 1.72. The van der Waals surface area contributed by atoms with E-state index in [1.807, 2.05) is 0 Å². The largest absolute Gasteiger partial charge is 0.445 e. The number of ether oxygens (including phenoxy) is 1. The molecule has 2 fully saturated rings. The van der Waals surface area contributed by atoms with Crippen LogP contribution >= 0.6 is 0 Å². The van der Waals surface area contributed by atoms with Crippen molar-refractivity contribution in [3.8, 4) is 0 Å². The minimum atomic E-state index is -0.507. The van der Waals surface area contributed by atoms with Gasteiger partial charge in [0, 0.05) is 32.5 Å². The van der Waals surface area contributed by atoms with Crippen LogP contribution in [-0.4, -0.2) is 54.0 Å². The Morgan fingerprint density at radius 3 is 2.83 bits per heavy atom. The van der Waals surface area contributed by atoms with Crippen LogP contribution in [0.15, 0.2) is 28.7 Å². The topological polar surface area (TPSA) is 105 Å². The highest BCUT2D eigenvalue weighted by Crippen LogP contribution is 2.30. The fourth-order valence-electron chi connectivity index (χ4n) is 4.15. The maximum absolute atomic E-state index is 13.3. The number of aromatic nitrogens is 1. The molecule has 0 radical (unpaired) electrons. The summed E-state index contributed by atoms with van der Waals surface area (Å²) in [4.78, 5) is 44.9. The smallest absolute Gasteiger partial charge is 0.328 e. The Bertz CT molecular complexity index is 1010. The van der Waals surface area contributed by atoms with Gasteiger partial charge in [-0.25, -0.2) is 9.78 Å². The second kappa shape index (κ2) is 7.56. The second-order valence-electron chi connectivity index (χ2n) is 7.73. The first kappa shape index (κ1) is 18.8. The molecular formula is C21H22N4O5. The Balaban J connectivity index is 1.37. The van der Waals surface area contributed by atoms with Crippen LogP contribution in [0.5, 0.6) is 0 Å². The summed E-state index contributed by atoms with van der Waals surface area (Å²) in [7, 11) is 0. The van der Waals surface area contributed by atoms with Crippen LogP contribution < -0.4 is 10.2 Å². The van der Waals surface area contributed by atoms with Crippen molar-refractivity contribution in [2.24, 2.45) is 0 Å². The third-order valence-corrected chi connectivity index (χ3v) is 5.79. The number of carbonyl (C=O) groups excluding carboxylic acids is 3. The van der Waals surface area contributed by atoms with Gasteiger partial charge < -0.3 is 14.1 Å². The molecule has 5 rings (SSSR count). The summed E-state index contributed by atoms with van der Waals surface area (Å²) >= 11 is 0. The van der Waals surface area contributed by atoms with E-state index in [0.717, 1.165) is 24.5 Å². The number of nitrogens with zero attached hydrogens (tertiary/aromatic N) is 3. The van der Waals surface area contributed by atoms with Crippen molar-refractivity contribution in [1.29, 1.82) is 0 Å². The number of urea groups is 1. The number of hydrogen-bond donors (Lipinski definition) is 1. The summed E-state index contributed by atoms with van der Waals surface area (Å²) in [5, 5.41) is 2.31. The van der Waals surface area contributed by atoms with Gasteiger partial charge in [0.15, 0.2) is 5.89 Å². The molecule has 9 nitrogen and oxygen atoms in total. The molecule has 3 aliphatic heterocycles. The van der Waals surface area contributed by atoms with Crippen LogP contribution in [-0.2, 0) is 22.5 Å². The molecule has 0 saturated carbocycles. The average molecular weight is 410 g/mol. The van der Waals surface area contributed by atoms with E-state index in [-0.39, 0.29) is 30.7 Å². The summed E-state index contributed by atoms with van der Waals surface area (Å²) < 4.78 is 11.4. The fraction of sp³-hybridized carbons (Fsp3) is 0.429. The predicted molar refractivity (Wildman–Crippen MR) is 105 cm³/mol. The first-order valence-corrected chi connectivity index (χ1v) is 10.2. The third-order valence-electron chi connectivity index (χ3n) is 5.79. The molecule has 0 spiro atoms. The van der Waals surface area contributed by atoms with Crippen molar-refractivity contribution in [1.82, 2.24) is 15.2 Å². The van der Waals surface area contributed by atoms with Gasteiger partial charge in [0.2, 0.25) is 5.91 Å². The van der Waals surface area contributed by atoms with E-state index in [0.29, 0.717) is 43.3 Å². The first-order valence-electron chi connectivity index (χ1n) is 10.2. The predicted octanol–water partition coefficient (Wildman–Crippen LogP) is 1.82. The highest BCUT2D eigenvalue weighted by atomic mass is 16.5. The van der Waals surface area contributed by atoms with E-state index in [1.165, 1.54) is 4.90 Å². The van der Waals surface area contributed by atoms with Crippen LogP contribution in [0.4, 0.5) is 10.5 Å². The zero-order valence-electron chi connectivity index (χ0n) is 16.4. The molecule has 4 amide bonds. The first-order chi connectivity index (χ1) is 14.6. The lowest BCUT2D eigenvalue weighted by Gasteiger charge is -2.30. The number of para-hydroxylation sites is 1. The van der Waals surface area contributed by atoms with E-state index in [9.17, 15) is 14.4 Å². The molecule has 1 N–H and O–H groups in total. The van der Waals surface area contributed by atoms with Crippen molar-refractivity contribution >= 4 is 23.5 Å². The van der Waals surface area contributed by atoms with E-state index >= 15 is 0 Å². The molecule has 1 aromatic carbocycles. The van der Waals surface area contributed by atoms with Gasteiger partial charge in [0.05, 0.1) is 30.3 Å². The summed E-state index contributed by atoms with van der Waals surface area (Å²) in [6, 6.07) is 6.48. The molecular weight excluding hydrogens is 388 g/mol. The van der Waals surface area contributed by atoms with Gasteiger partial charge in [-0.1, -0.05) is 12.1 Å². The Hall–Kier alpha value is -3.20. The summed E-state index contributed by atoms with van der Waals surface area (Å²) in [6.45, 7) is 2.46. The fourth-order valence-corrected chi connectivity index (χ4v) is 4.15. The minimum absolute atomic E-state index is 0.172. The molecule has 1 aromatic heterocycles. The SMILES string of the molecule is O=C1CCN(c2ccccc2C(=O)N2CCc3oc(C4CCOC4)nc3C2)C(=O)N1. The van der Waals surface area contributed by atoms with Crippen molar-refractivity contribution in [3.63, 3.8) is 0 Å². The number of rotatable bonds is 3. The third kappa shape index (κ3) is 3.35. The van der Waals surface area contributed by atoms with Crippen molar-refractivity contribution < 1.29 is 23.5 Å². The zero-order valence-corrected chi connectivity index (χ0v) is 16.4. The molecule has 2 aromatic rings. The summed E-state index contributed by atoms with van der Waals surface area (Å²) in [6.07, 6.45) is 1.70.